The summed E-state index contributed by atoms with van der Waals surface area (Å²) < 4.78 is 0.00168. The van der Waals surface area contributed by atoms with Crippen LogP contribution < -0.4 is 0 Å². The normalized spacial score (nSPS) is 10.7. The summed E-state index contributed by atoms with van der Waals surface area (Å²) in [5.74, 6) is 0. The van der Waals surface area contributed by atoms with E-state index in [9.17, 15) is 4.79 Å². The van der Waals surface area contributed by atoms with Crippen LogP contribution in [0, 0.1) is 0 Å². The first-order valence-corrected chi connectivity index (χ1v) is 6.53. The van der Waals surface area contributed by atoms with Crippen LogP contribution in [0.5, 0.6) is 0 Å². The molecular formula is C8H4I3NO. The van der Waals surface area contributed by atoms with Gasteiger partial charge in [-0.1, -0.05) is 12.1 Å². The van der Waals surface area contributed by atoms with Crippen LogP contribution in [0.1, 0.15) is 5.56 Å². The van der Waals surface area contributed by atoms with E-state index in [4.69, 9.17) is 0 Å². The van der Waals surface area contributed by atoms with E-state index >= 15 is 0 Å². The summed E-state index contributed by atoms with van der Waals surface area (Å²) in [6, 6.07) is 7.56. The summed E-state index contributed by atoms with van der Waals surface area (Å²) in [5.41, 5.74) is 1.78. The maximum Gasteiger partial charge on any atom is 0.240 e. The zero-order valence-electron chi connectivity index (χ0n) is 6.30. The molecule has 0 atom stereocenters. The van der Waals surface area contributed by atoms with E-state index in [0.29, 0.717) is 5.69 Å². The van der Waals surface area contributed by atoms with Crippen LogP contribution in [-0.4, -0.2) is 6.08 Å². The zero-order valence-corrected chi connectivity index (χ0v) is 12.8. The van der Waals surface area contributed by atoms with Crippen LogP contribution in [0.25, 0.3) is 0 Å². The molecule has 1 rings (SSSR count). The predicted octanol–water partition coefficient (Wildman–Crippen LogP) is 4.07. The number of isocyanates is 1. The maximum absolute atomic E-state index is 10.0. The van der Waals surface area contributed by atoms with Crippen molar-refractivity contribution in [2.24, 2.45) is 4.99 Å². The monoisotopic (exact) mass is 511 g/mol. The first kappa shape index (κ1) is 11.9. The van der Waals surface area contributed by atoms with Crippen LogP contribution in [0.3, 0.4) is 0 Å². The van der Waals surface area contributed by atoms with Gasteiger partial charge in [0, 0.05) is 0 Å². The lowest BCUT2D eigenvalue weighted by atomic mass is 10.2. The zero-order chi connectivity index (χ0) is 9.90. The quantitative estimate of drug-likeness (QED) is 0.255. The van der Waals surface area contributed by atoms with Gasteiger partial charge in [-0.05, 0) is 85.5 Å². The Labute approximate surface area is 117 Å². The molecule has 0 heterocycles. The summed E-state index contributed by atoms with van der Waals surface area (Å²) in [5, 5.41) is 0. The van der Waals surface area contributed by atoms with Gasteiger partial charge in [0.2, 0.25) is 6.08 Å². The highest BCUT2D eigenvalue weighted by Gasteiger charge is 2.20. The second kappa shape index (κ2) is 5.04. The summed E-state index contributed by atoms with van der Waals surface area (Å²) in [4.78, 5) is 13.6. The van der Waals surface area contributed by atoms with E-state index in [0.717, 1.165) is 5.56 Å². The van der Waals surface area contributed by atoms with Gasteiger partial charge in [0.05, 0.1) is 5.69 Å². The molecule has 0 aliphatic heterocycles. The number of halogens is 3. The van der Waals surface area contributed by atoms with Crippen molar-refractivity contribution in [1.29, 1.82) is 0 Å². The lowest BCUT2D eigenvalue weighted by Gasteiger charge is -2.12. The lowest BCUT2D eigenvalue weighted by Crippen LogP contribution is -1.95. The lowest BCUT2D eigenvalue weighted by molar-refractivity contribution is 0.565. The molecule has 1 aromatic rings. The summed E-state index contributed by atoms with van der Waals surface area (Å²) in [6.07, 6.45) is 1.53. The van der Waals surface area contributed by atoms with Crippen molar-refractivity contribution < 1.29 is 4.79 Å². The van der Waals surface area contributed by atoms with Crippen LogP contribution in [0.15, 0.2) is 29.3 Å². The smallest absolute Gasteiger partial charge is 0.211 e. The Morgan fingerprint density at radius 3 is 2.54 bits per heavy atom. The minimum Gasteiger partial charge on any atom is -0.211 e. The highest BCUT2D eigenvalue weighted by molar-refractivity contribution is 14.3. The van der Waals surface area contributed by atoms with Crippen LogP contribution in [0.2, 0.25) is 0 Å². The largest absolute Gasteiger partial charge is 0.240 e. The Balaban J connectivity index is 3.12. The molecule has 2 nitrogen and oxygen atoms in total. The molecule has 0 bridgehead atoms. The van der Waals surface area contributed by atoms with Gasteiger partial charge in [-0.2, -0.15) is 4.99 Å². The molecule has 0 N–H and O–H groups in total. The van der Waals surface area contributed by atoms with E-state index < -0.39 is 0 Å². The molecule has 0 radical (unpaired) electrons. The molecule has 0 spiro atoms. The molecule has 0 fully saturated rings. The third-order valence-electron chi connectivity index (χ3n) is 1.35. The van der Waals surface area contributed by atoms with Crippen molar-refractivity contribution in [2.45, 2.75) is -0.565 Å². The molecule has 5 heteroatoms. The van der Waals surface area contributed by atoms with Gasteiger partial charge in [0.25, 0.3) is 0 Å². The first-order valence-electron chi connectivity index (χ1n) is 3.29. The maximum atomic E-state index is 10.0. The Hall–Kier alpha value is 0.790. The van der Waals surface area contributed by atoms with Crippen molar-refractivity contribution in [1.82, 2.24) is 0 Å². The summed E-state index contributed by atoms with van der Waals surface area (Å²) >= 11 is 6.96. The molecule has 0 unspecified atom stereocenters. The molecule has 0 aliphatic carbocycles. The van der Waals surface area contributed by atoms with E-state index in [-0.39, 0.29) is -0.565 Å². The van der Waals surface area contributed by atoms with Crippen molar-refractivity contribution in [3.63, 3.8) is 0 Å². The van der Waals surface area contributed by atoms with Gasteiger partial charge >= 0.3 is 0 Å². The fourth-order valence-corrected chi connectivity index (χ4v) is 1.81. The SMILES string of the molecule is O=C=Nc1cccc(C(I)(I)I)c1. The number of aliphatic imine (C=N–C) groups is 1. The summed E-state index contributed by atoms with van der Waals surface area (Å²) in [6.45, 7) is 0. The van der Waals surface area contributed by atoms with E-state index in [1.54, 1.807) is 6.07 Å². The second-order valence-corrected chi connectivity index (χ2v) is 13.3. The number of alkyl halides is 3. The average molecular weight is 511 g/mol. The van der Waals surface area contributed by atoms with Gasteiger partial charge in [-0.3, -0.25) is 0 Å². The molecule has 13 heavy (non-hydrogen) atoms. The van der Waals surface area contributed by atoms with E-state index in [2.05, 4.69) is 72.8 Å². The predicted molar refractivity (Wildman–Crippen MR) is 78.0 cm³/mol. The third-order valence-corrected chi connectivity index (χ3v) is 3.22. The number of hydrogen-bond acceptors (Lipinski definition) is 2. The Morgan fingerprint density at radius 2 is 2.00 bits per heavy atom. The fraction of sp³-hybridized carbons (Fsp3) is 0.125. The van der Waals surface area contributed by atoms with Crippen molar-refractivity contribution in [3.05, 3.63) is 29.8 Å². The average Bonchev–Trinajstić information content (AvgIpc) is 2.04. The van der Waals surface area contributed by atoms with E-state index in [1.165, 1.54) is 6.08 Å². The minimum absolute atomic E-state index is 0.00168. The van der Waals surface area contributed by atoms with Crippen molar-refractivity contribution in [2.75, 3.05) is 0 Å². The highest BCUT2D eigenvalue weighted by Crippen LogP contribution is 2.46. The molecule has 0 amide bonds. The standard InChI is InChI=1S/C8H4I3NO/c9-8(10,11)6-2-1-3-7(4-6)12-5-13/h1-4H. The molecule has 0 saturated heterocycles. The van der Waals surface area contributed by atoms with Gasteiger partial charge in [0.1, 0.15) is -0.565 Å². The topological polar surface area (TPSA) is 29.4 Å². The number of rotatable bonds is 2. The van der Waals surface area contributed by atoms with Gasteiger partial charge < -0.3 is 0 Å². The number of benzene rings is 1. The molecule has 68 valence electrons. The van der Waals surface area contributed by atoms with Crippen molar-refractivity contribution in [3.8, 4) is 0 Å². The second-order valence-electron chi connectivity index (χ2n) is 2.25. The fourth-order valence-electron chi connectivity index (χ4n) is 0.804. The molecule has 0 aliphatic rings. The van der Waals surface area contributed by atoms with Gasteiger partial charge in [-0.25, -0.2) is 4.79 Å². The number of nitrogens with zero attached hydrogens (tertiary/aromatic N) is 1. The van der Waals surface area contributed by atoms with E-state index in [1.807, 2.05) is 18.2 Å². The third kappa shape index (κ3) is 3.80. The Bertz CT molecular complexity index is 353. The molecular weight excluding hydrogens is 507 g/mol. The van der Waals surface area contributed by atoms with Crippen LogP contribution in [0.4, 0.5) is 5.69 Å². The number of hydrogen-bond donors (Lipinski definition) is 0. The molecule has 0 aromatic heterocycles. The molecule has 1 aromatic carbocycles. The first-order chi connectivity index (χ1) is 6.04. The highest BCUT2D eigenvalue weighted by atomic mass is 127. The van der Waals surface area contributed by atoms with Crippen LogP contribution in [-0.2, 0) is 4.23 Å². The van der Waals surface area contributed by atoms with Crippen molar-refractivity contribution >= 4 is 79.5 Å². The summed E-state index contributed by atoms with van der Waals surface area (Å²) in [7, 11) is 0. The minimum atomic E-state index is 0.00168. The van der Waals surface area contributed by atoms with Gasteiger partial charge in [-0.15, -0.1) is 0 Å². The number of carbonyl (C=O) groups excluding carboxylic acids is 1. The Morgan fingerprint density at radius 1 is 1.31 bits per heavy atom. The van der Waals surface area contributed by atoms with Crippen LogP contribution >= 0.6 is 67.8 Å². The Kier molecular flexibility index (Phi) is 4.59. The van der Waals surface area contributed by atoms with Gasteiger partial charge in [0.15, 0.2) is 0 Å². The molecule has 0 saturated carbocycles.